The summed E-state index contributed by atoms with van der Waals surface area (Å²) in [5, 5.41) is 0.503. The maximum atomic E-state index is 11.9. The van der Waals surface area contributed by atoms with Crippen LogP contribution in [0.25, 0.3) is 16.2 Å². The predicted octanol–water partition coefficient (Wildman–Crippen LogP) is 4.35. The second kappa shape index (κ2) is 7.02. The topological polar surface area (TPSA) is 82.5 Å². The maximum Gasteiger partial charge on any atom is 0.262 e. The predicted molar refractivity (Wildman–Crippen MR) is 105 cm³/mol. The second-order valence-electron chi connectivity index (χ2n) is 5.90. The van der Waals surface area contributed by atoms with Gasteiger partial charge in [0.1, 0.15) is 22.4 Å². The van der Waals surface area contributed by atoms with Gasteiger partial charge in [-0.05, 0) is 25.1 Å². The molecule has 0 aromatic carbocycles. The van der Waals surface area contributed by atoms with Crippen molar-refractivity contribution in [2.24, 2.45) is 5.73 Å². The van der Waals surface area contributed by atoms with Gasteiger partial charge in [-0.3, -0.25) is 14.2 Å². The minimum atomic E-state index is -0.539. The molecule has 0 saturated carbocycles. The second-order valence-corrected chi connectivity index (χ2v) is 7.36. The van der Waals surface area contributed by atoms with E-state index in [2.05, 4.69) is 9.97 Å². The zero-order valence-corrected chi connectivity index (χ0v) is 15.9. The highest BCUT2D eigenvalue weighted by Gasteiger charge is 2.21. The molecule has 2 N–H and O–H groups in total. The number of rotatable bonds is 5. The third-order valence-electron chi connectivity index (χ3n) is 4.14. The van der Waals surface area contributed by atoms with Crippen LogP contribution in [-0.4, -0.2) is 20.3 Å². The van der Waals surface area contributed by atoms with Gasteiger partial charge in [-0.1, -0.05) is 17.7 Å². The van der Waals surface area contributed by atoms with Crippen LogP contribution in [0.1, 0.15) is 28.3 Å². The summed E-state index contributed by atoms with van der Waals surface area (Å²) in [6.45, 7) is 1.86. The molecule has 0 bridgehead atoms. The Bertz CT molecular complexity index is 1140. The Morgan fingerprint density at radius 2 is 2.19 bits per heavy atom. The van der Waals surface area contributed by atoms with Crippen LogP contribution >= 0.6 is 22.9 Å². The van der Waals surface area contributed by atoms with Gasteiger partial charge in [-0.15, -0.1) is 11.3 Å². The first-order valence-electron chi connectivity index (χ1n) is 8.16. The highest BCUT2D eigenvalue weighted by Crippen LogP contribution is 2.38. The molecular weight excluding hydrogens is 384 g/mol. The normalized spacial score (nSPS) is 12.2. The number of thiophene rings is 1. The van der Waals surface area contributed by atoms with E-state index in [-0.39, 0.29) is 6.10 Å². The number of nitrogens with zero attached hydrogens (tertiary/aromatic N) is 3. The van der Waals surface area contributed by atoms with E-state index in [0.29, 0.717) is 15.6 Å². The lowest BCUT2D eigenvalue weighted by molar-refractivity contribution is 0.0998. The van der Waals surface area contributed by atoms with E-state index in [9.17, 15) is 4.79 Å². The molecule has 1 unspecified atom stereocenters. The minimum absolute atomic E-state index is 0.355. The van der Waals surface area contributed by atoms with Crippen molar-refractivity contribution in [1.82, 2.24) is 14.4 Å². The molecule has 8 heteroatoms. The number of hydrogen-bond donors (Lipinski definition) is 1. The van der Waals surface area contributed by atoms with Crippen molar-refractivity contribution in [3.63, 3.8) is 0 Å². The lowest BCUT2D eigenvalue weighted by Gasteiger charge is -2.15. The van der Waals surface area contributed by atoms with Crippen molar-refractivity contribution >= 4 is 34.5 Å². The highest BCUT2D eigenvalue weighted by atomic mass is 35.5. The van der Waals surface area contributed by atoms with Gasteiger partial charge < -0.3 is 10.5 Å². The molecule has 4 aromatic heterocycles. The molecule has 4 heterocycles. The Kier molecular flexibility index (Phi) is 4.55. The number of hydrogen-bond acceptors (Lipinski definition) is 5. The summed E-state index contributed by atoms with van der Waals surface area (Å²) in [5.41, 5.74) is 8.04. The monoisotopic (exact) mass is 398 g/mol. The number of halogens is 1. The molecule has 1 amide bonds. The van der Waals surface area contributed by atoms with Gasteiger partial charge in [0, 0.05) is 30.2 Å². The van der Waals surface area contributed by atoms with Gasteiger partial charge in [0.25, 0.3) is 5.91 Å². The van der Waals surface area contributed by atoms with Crippen LogP contribution in [0.3, 0.4) is 0 Å². The average molecular weight is 399 g/mol. The summed E-state index contributed by atoms with van der Waals surface area (Å²) in [4.78, 5) is 21.5. The Balaban J connectivity index is 1.73. The van der Waals surface area contributed by atoms with E-state index in [1.54, 1.807) is 24.7 Å². The van der Waals surface area contributed by atoms with E-state index >= 15 is 0 Å². The molecule has 4 aromatic rings. The van der Waals surface area contributed by atoms with Crippen molar-refractivity contribution in [3.05, 3.63) is 70.6 Å². The summed E-state index contributed by atoms with van der Waals surface area (Å²) >= 11 is 7.47. The number of nitrogens with two attached hydrogens (primary N) is 1. The quantitative estimate of drug-likeness (QED) is 0.541. The van der Waals surface area contributed by atoms with Crippen molar-refractivity contribution in [3.8, 4) is 16.3 Å². The van der Waals surface area contributed by atoms with Crippen LogP contribution in [-0.2, 0) is 0 Å². The van der Waals surface area contributed by atoms with Crippen LogP contribution < -0.4 is 10.5 Å². The number of carbonyl (C=O) groups is 1. The smallest absolute Gasteiger partial charge is 0.262 e. The van der Waals surface area contributed by atoms with Gasteiger partial charge >= 0.3 is 0 Å². The average Bonchev–Trinajstić information content (AvgIpc) is 3.26. The van der Waals surface area contributed by atoms with Gasteiger partial charge in [0.2, 0.25) is 0 Å². The molecule has 27 heavy (non-hydrogen) atoms. The third kappa shape index (κ3) is 3.27. The third-order valence-corrected chi connectivity index (χ3v) is 5.61. The summed E-state index contributed by atoms with van der Waals surface area (Å²) < 4.78 is 7.98. The lowest BCUT2D eigenvalue weighted by atomic mass is 10.2. The maximum absolute atomic E-state index is 11.9. The molecular formula is C19H15ClN4O2S. The molecule has 0 aliphatic rings. The number of pyridine rings is 2. The number of aromatic nitrogens is 3. The number of amides is 1. The van der Waals surface area contributed by atoms with Crippen molar-refractivity contribution in [2.75, 3.05) is 0 Å². The molecule has 1 atom stereocenters. The summed E-state index contributed by atoms with van der Waals surface area (Å²) in [6, 6.07) is 9.36. The van der Waals surface area contributed by atoms with Crippen LogP contribution in [0.4, 0.5) is 0 Å². The molecule has 0 fully saturated rings. The highest BCUT2D eigenvalue weighted by molar-refractivity contribution is 7.17. The standard InChI is InChI=1S/C19H15ClN4O2S/c1-11(12-5-6-22-9-13(12)20)26-15-8-16(27-18(15)19(21)25)14-10-23-17-4-2-3-7-24(14)17/h2-11H,1H3,(H2,21,25). The van der Waals surface area contributed by atoms with Crippen molar-refractivity contribution in [1.29, 1.82) is 0 Å². The van der Waals surface area contributed by atoms with E-state index in [4.69, 9.17) is 22.1 Å². The molecule has 4 rings (SSSR count). The molecule has 6 nitrogen and oxygen atoms in total. The molecule has 0 saturated heterocycles. The van der Waals surface area contributed by atoms with Crippen LogP contribution in [0.2, 0.25) is 5.02 Å². The molecule has 0 aliphatic carbocycles. The van der Waals surface area contributed by atoms with Crippen molar-refractivity contribution in [2.45, 2.75) is 13.0 Å². The largest absolute Gasteiger partial charge is 0.484 e. The lowest BCUT2D eigenvalue weighted by Crippen LogP contribution is -2.12. The first-order valence-corrected chi connectivity index (χ1v) is 9.36. The van der Waals surface area contributed by atoms with E-state index in [0.717, 1.165) is 21.8 Å². The number of imidazole rings is 1. The molecule has 0 aliphatic heterocycles. The van der Waals surface area contributed by atoms with Gasteiger partial charge in [-0.2, -0.15) is 0 Å². The van der Waals surface area contributed by atoms with E-state index in [1.165, 1.54) is 11.3 Å². The molecule has 0 radical (unpaired) electrons. The SMILES string of the molecule is CC(Oc1cc(-c2cnc3ccccn23)sc1C(N)=O)c1ccncc1Cl. The number of ether oxygens (including phenoxy) is 1. The summed E-state index contributed by atoms with van der Waals surface area (Å²) in [7, 11) is 0. The Morgan fingerprint density at radius 1 is 1.33 bits per heavy atom. The fourth-order valence-corrected chi connectivity index (χ4v) is 4.07. The number of fused-ring (bicyclic) bond motifs is 1. The van der Waals surface area contributed by atoms with Gasteiger partial charge in [0.15, 0.2) is 0 Å². The van der Waals surface area contributed by atoms with Gasteiger partial charge in [-0.25, -0.2) is 4.98 Å². The summed E-state index contributed by atoms with van der Waals surface area (Å²) in [6.07, 6.45) is 6.51. The molecule has 0 spiro atoms. The first-order chi connectivity index (χ1) is 13.0. The van der Waals surface area contributed by atoms with Crippen LogP contribution in [0, 0.1) is 0 Å². The number of carbonyl (C=O) groups excluding carboxylic acids is 1. The van der Waals surface area contributed by atoms with Crippen LogP contribution in [0.5, 0.6) is 5.75 Å². The van der Waals surface area contributed by atoms with Crippen molar-refractivity contribution < 1.29 is 9.53 Å². The fourth-order valence-electron chi connectivity index (χ4n) is 2.84. The minimum Gasteiger partial charge on any atom is -0.484 e. The van der Waals surface area contributed by atoms with E-state index in [1.807, 2.05) is 41.8 Å². The van der Waals surface area contributed by atoms with E-state index < -0.39 is 5.91 Å². The summed E-state index contributed by atoms with van der Waals surface area (Å²) in [5.74, 6) is -0.114. The Hall–Kier alpha value is -2.90. The zero-order valence-electron chi connectivity index (χ0n) is 14.3. The Labute approximate surface area is 164 Å². The molecule has 136 valence electrons. The first kappa shape index (κ1) is 17.5. The van der Waals surface area contributed by atoms with Crippen LogP contribution in [0.15, 0.2) is 55.1 Å². The van der Waals surface area contributed by atoms with Gasteiger partial charge in [0.05, 0.1) is 21.8 Å². The number of primary amides is 1. The fraction of sp³-hybridized carbons (Fsp3) is 0.105. The Morgan fingerprint density at radius 3 is 2.96 bits per heavy atom. The zero-order chi connectivity index (χ0) is 19.0.